The molecule has 0 saturated carbocycles. The van der Waals surface area contributed by atoms with Crippen LogP contribution in [0.5, 0.6) is 0 Å². The lowest BCUT2D eigenvalue weighted by Crippen LogP contribution is -2.45. The Morgan fingerprint density at radius 2 is 2.00 bits per heavy atom. The first-order valence-corrected chi connectivity index (χ1v) is 6.92. The molecule has 1 aliphatic heterocycles. The monoisotopic (exact) mass is 255 g/mol. The minimum absolute atomic E-state index is 0.0668. The van der Waals surface area contributed by atoms with Crippen molar-refractivity contribution in [1.82, 2.24) is 4.98 Å². The number of aromatic nitrogens is 1. The van der Waals surface area contributed by atoms with Crippen LogP contribution in [-0.4, -0.2) is 30.3 Å². The third kappa shape index (κ3) is 2.78. The van der Waals surface area contributed by atoms with Gasteiger partial charge in [-0.25, -0.2) is 4.98 Å². The zero-order valence-electron chi connectivity index (χ0n) is 10.9. The van der Waals surface area contributed by atoms with E-state index in [1.165, 1.54) is 4.88 Å². The molecular formula is C12H21N3OS. The number of nitrogens with zero attached hydrogens (tertiary/aromatic N) is 2. The molecule has 1 saturated heterocycles. The summed E-state index contributed by atoms with van der Waals surface area (Å²) in [6.07, 6.45) is 0.531. The Bertz CT molecular complexity index is 381. The summed E-state index contributed by atoms with van der Waals surface area (Å²) in [5.74, 6) is 0. The largest absolute Gasteiger partial charge is 0.372 e. The number of aryl methyl sites for hydroxylation is 1. The van der Waals surface area contributed by atoms with Crippen molar-refractivity contribution in [3.63, 3.8) is 0 Å². The van der Waals surface area contributed by atoms with Crippen LogP contribution < -0.4 is 10.6 Å². The van der Waals surface area contributed by atoms with E-state index < -0.39 is 0 Å². The molecule has 17 heavy (non-hydrogen) atoms. The van der Waals surface area contributed by atoms with Crippen molar-refractivity contribution in [2.45, 2.75) is 45.9 Å². The lowest BCUT2D eigenvalue weighted by Gasteiger charge is -2.35. The molecule has 1 unspecified atom stereocenters. The highest BCUT2D eigenvalue weighted by atomic mass is 32.1. The van der Waals surface area contributed by atoms with Crippen LogP contribution in [0.4, 0.5) is 5.13 Å². The Labute approximate surface area is 107 Å². The fourth-order valence-electron chi connectivity index (χ4n) is 2.29. The molecule has 0 bridgehead atoms. The molecule has 0 radical (unpaired) electrons. The first kappa shape index (κ1) is 12.8. The number of anilines is 1. The maximum atomic E-state index is 5.94. The second-order valence-corrected chi connectivity index (χ2v) is 5.91. The third-order valence-electron chi connectivity index (χ3n) is 2.92. The molecule has 0 amide bonds. The maximum Gasteiger partial charge on any atom is 0.186 e. The van der Waals surface area contributed by atoms with Gasteiger partial charge in [-0.1, -0.05) is 0 Å². The van der Waals surface area contributed by atoms with Crippen LogP contribution in [0, 0.1) is 6.92 Å². The van der Waals surface area contributed by atoms with Crippen molar-refractivity contribution in [3.8, 4) is 0 Å². The predicted octanol–water partition coefficient (Wildman–Crippen LogP) is 2.08. The molecule has 1 fully saturated rings. The Kier molecular flexibility index (Phi) is 3.70. The number of hydrogen-bond acceptors (Lipinski definition) is 5. The highest BCUT2D eigenvalue weighted by molar-refractivity contribution is 7.15. The minimum Gasteiger partial charge on any atom is -0.372 e. The van der Waals surface area contributed by atoms with Crippen molar-refractivity contribution in [2.75, 3.05) is 18.0 Å². The van der Waals surface area contributed by atoms with Crippen molar-refractivity contribution in [2.24, 2.45) is 5.73 Å². The molecule has 1 aromatic heterocycles. The first-order chi connectivity index (χ1) is 7.97. The molecule has 2 heterocycles. The van der Waals surface area contributed by atoms with Crippen LogP contribution in [0.15, 0.2) is 0 Å². The number of morpholine rings is 1. The van der Waals surface area contributed by atoms with Crippen LogP contribution in [-0.2, 0) is 4.74 Å². The van der Waals surface area contributed by atoms with E-state index in [4.69, 9.17) is 10.5 Å². The highest BCUT2D eigenvalue weighted by Gasteiger charge is 2.25. The topological polar surface area (TPSA) is 51.4 Å². The van der Waals surface area contributed by atoms with Crippen molar-refractivity contribution < 1.29 is 4.74 Å². The summed E-state index contributed by atoms with van der Waals surface area (Å²) in [6.45, 7) is 10.1. The van der Waals surface area contributed by atoms with Gasteiger partial charge in [0.25, 0.3) is 0 Å². The van der Waals surface area contributed by atoms with Gasteiger partial charge in [-0.05, 0) is 27.7 Å². The second kappa shape index (κ2) is 4.92. The first-order valence-electron chi connectivity index (χ1n) is 6.10. The molecular weight excluding hydrogens is 234 g/mol. The summed E-state index contributed by atoms with van der Waals surface area (Å²) in [5.41, 5.74) is 7.00. The molecule has 0 aromatic carbocycles. The lowest BCUT2D eigenvalue weighted by molar-refractivity contribution is -0.00523. The zero-order chi connectivity index (χ0) is 12.6. The predicted molar refractivity (Wildman–Crippen MR) is 71.7 cm³/mol. The molecule has 0 spiro atoms. The van der Waals surface area contributed by atoms with Gasteiger partial charge < -0.3 is 15.4 Å². The van der Waals surface area contributed by atoms with Gasteiger partial charge in [0.2, 0.25) is 0 Å². The van der Waals surface area contributed by atoms with Crippen molar-refractivity contribution >= 4 is 16.5 Å². The minimum atomic E-state index is 0.0668. The fourth-order valence-corrected chi connectivity index (χ4v) is 3.32. The van der Waals surface area contributed by atoms with Gasteiger partial charge in [-0.15, -0.1) is 11.3 Å². The number of ether oxygens (including phenoxy) is 1. The normalized spacial score (nSPS) is 27.2. The smallest absolute Gasteiger partial charge is 0.186 e. The van der Waals surface area contributed by atoms with Gasteiger partial charge in [-0.3, -0.25) is 0 Å². The Morgan fingerprint density at radius 3 is 2.47 bits per heavy atom. The summed E-state index contributed by atoms with van der Waals surface area (Å²) in [7, 11) is 0. The van der Waals surface area contributed by atoms with Gasteiger partial charge >= 0.3 is 0 Å². The van der Waals surface area contributed by atoms with Crippen molar-refractivity contribution in [1.29, 1.82) is 0 Å². The molecule has 3 atom stereocenters. The number of nitrogens with two attached hydrogens (primary N) is 1. The molecule has 96 valence electrons. The zero-order valence-corrected chi connectivity index (χ0v) is 11.8. The van der Waals surface area contributed by atoms with Crippen LogP contribution in [0.1, 0.15) is 37.4 Å². The van der Waals surface area contributed by atoms with Crippen LogP contribution >= 0.6 is 11.3 Å². The summed E-state index contributed by atoms with van der Waals surface area (Å²) in [4.78, 5) is 8.13. The van der Waals surface area contributed by atoms with E-state index in [-0.39, 0.29) is 18.2 Å². The molecule has 4 nitrogen and oxygen atoms in total. The van der Waals surface area contributed by atoms with E-state index >= 15 is 0 Å². The SMILES string of the molecule is Cc1nc(N2C[C@@H](C)O[C@@H](C)C2)sc1C(C)N. The van der Waals surface area contributed by atoms with E-state index in [0.29, 0.717) is 0 Å². The van der Waals surface area contributed by atoms with Gasteiger partial charge in [0, 0.05) is 24.0 Å². The standard InChI is InChI=1S/C12H21N3OS/c1-7-5-15(6-8(2)16-7)12-14-10(4)11(17-12)9(3)13/h7-9H,5-6,13H2,1-4H3/t7-,8+,9?. The molecule has 2 N–H and O–H groups in total. The third-order valence-corrected chi connectivity index (χ3v) is 4.34. The van der Waals surface area contributed by atoms with E-state index in [1.807, 2.05) is 13.8 Å². The average molecular weight is 255 g/mol. The molecule has 1 aromatic rings. The second-order valence-electron chi connectivity index (χ2n) is 4.90. The fraction of sp³-hybridized carbons (Fsp3) is 0.750. The summed E-state index contributed by atoms with van der Waals surface area (Å²) >= 11 is 1.71. The average Bonchev–Trinajstić information content (AvgIpc) is 2.59. The maximum absolute atomic E-state index is 5.94. The van der Waals surface area contributed by atoms with Gasteiger partial charge in [0.1, 0.15) is 0 Å². The van der Waals surface area contributed by atoms with Gasteiger partial charge in [0.05, 0.1) is 17.9 Å². The van der Waals surface area contributed by atoms with Crippen LogP contribution in [0.3, 0.4) is 0 Å². The highest BCUT2D eigenvalue weighted by Crippen LogP contribution is 2.31. The Balaban J connectivity index is 2.19. The number of rotatable bonds is 2. The van der Waals surface area contributed by atoms with Crippen LogP contribution in [0.25, 0.3) is 0 Å². The van der Waals surface area contributed by atoms with Gasteiger partial charge in [0.15, 0.2) is 5.13 Å². The number of thiazole rings is 1. The van der Waals surface area contributed by atoms with Crippen molar-refractivity contribution in [3.05, 3.63) is 10.6 Å². The van der Waals surface area contributed by atoms with E-state index in [0.717, 1.165) is 23.9 Å². The lowest BCUT2D eigenvalue weighted by atomic mass is 10.2. The molecule has 1 aliphatic rings. The summed E-state index contributed by atoms with van der Waals surface area (Å²) in [5, 5.41) is 1.08. The Morgan fingerprint density at radius 1 is 1.41 bits per heavy atom. The van der Waals surface area contributed by atoms with E-state index in [1.54, 1.807) is 11.3 Å². The van der Waals surface area contributed by atoms with Gasteiger partial charge in [-0.2, -0.15) is 0 Å². The number of hydrogen-bond donors (Lipinski definition) is 1. The summed E-state index contributed by atoms with van der Waals surface area (Å²) < 4.78 is 5.73. The molecule has 0 aliphatic carbocycles. The van der Waals surface area contributed by atoms with Crippen LogP contribution in [0.2, 0.25) is 0 Å². The quantitative estimate of drug-likeness (QED) is 0.879. The molecule has 5 heteroatoms. The van der Waals surface area contributed by atoms with E-state index in [2.05, 4.69) is 23.7 Å². The Hall–Kier alpha value is -0.650. The summed E-state index contributed by atoms with van der Waals surface area (Å²) in [6, 6.07) is 0.0668. The molecule has 2 rings (SSSR count). The van der Waals surface area contributed by atoms with E-state index in [9.17, 15) is 0 Å².